The molecular weight excluding hydrogens is 304 g/mol. The van der Waals surface area contributed by atoms with Gasteiger partial charge in [0.15, 0.2) is 0 Å². The summed E-state index contributed by atoms with van der Waals surface area (Å²) >= 11 is 0. The number of carbonyl (C=O) groups is 1. The highest BCUT2D eigenvalue weighted by Crippen LogP contribution is 2.20. The summed E-state index contributed by atoms with van der Waals surface area (Å²) in [6.07, 6.45) is 3.46. The Bertz CT molecular complexity index is 681. The van der Waals surface area contributed by atoms with Crippen molar-refractivity contribution in [2.24, 2.45) is 0 Å². The molecule has 7 heteroatoms. The lowest BCUT2D eigenvalue weighted by molar-refractivity contribution is -0.121. The number of anilines is 1. The molecule has 0 radical (unpaired) electrons. The third kappa shape index (κ3) is 3.72. The molecule has 1 saturated heterocycles. The average molecular weight is 328 g/mol. The van der Waals surface area contributed by atoms with Gasteiger partial charge in [-0.3, -0.25) is 4.79 Å². The summed E-state index contributed by atoms with van der Waals surface area (Å²) in [5, 5.41) is 15.3. The maximum Gasteiger partial charge on any atom is 0.250 e. The van der Waals surface area contributed by atoms with E-state index in [9.17, 15) is 4.79 Å². The van der Waals surface area contributed by atoms with Gasteiger partial charge >= 0.3 is 0 Å². The molecular formula is C17H24N6O. The van der Waals surface area contributed by atoms with Gasteiger partial charge in [-0.15, -0.1) is 0 Å². The van der Waals surface area contributed by atoms with E-state index in [-0.39, 0.29) is 11.9 Å². The quantitative estimate of drug-likeness (QED) is 0.906. The lowest BCUT2D eigenvalue weighted by Crippen LogP contribution is -2.48. The molecule has 1 fully saturated rings. The normalized spacial score (nSPS) is 17.8. The Kier molecular flexibility index (Phi) is 5.08. The van der Waals surface area contributed by atoms with E-state index in [1.165, 1.54) is 5.56 Å². The summed E-state index contributed by atoms with van der Waals surface area (Å²) in [4.78, 5) is 14.0. The number of hydrogen-bond donors (Lipinski definition) is 1. The van der Waals surface area contributed by atoms with Crippen molar-refractivity contribution in [2.45, 2.75) is 45.6 Å². The number of hydrogen-bond acceptors (Lipinski definition) is 5. The van der Waals surface area contributed by atoms with Gasteiger partial charge in [-0.25, -0.2) is 0 Å². The van der Waals surface area contributed by atoms with Crippen LogP contribution in [0.5, 0.6) is 0 Å². The first-order chi connectivity index (χ1) is 11.7. The summed E-state index contributed by atoms with van der Waals surface area (Å²) in [5.74, 6) is 0.857. The molecule has 2 aromatic rings. The van der Waals surface area contributed by atoms with Crippen molar-refractivity contribution in [1.29, 1.82) is 0 Å². The van der Waals surface area contributed by atoms with E-state index < -0.39 is 0 Å². The minimum Gasteiger partial charge on any atom is -0.352 e. The number of rotatable bonds is 5. The standard InChI is InChI=1S/C17H24N6O/c1-3-5-16(24)18-14-6-4-11-22(12-14)17-19-20-21-23(17)15-9-7-13(2)8-10-15/h7-10,14H,3-6,11-12H2,1-2H3,(H,18,24). The van der Waals surface area contributed by atoms with Gasteiger partial charge in [0, 0.05) is 25.6 Å². The van der Waals surface area contributed by atoms with E-state index in [1.54, 1.807) is 4.68 Å². The molecule has 1 N–H and O–H groups in total. The fourth-order valence-corrected chi connectivity index (χ4v) is 3.04. The highest BCUT2D eigenvalue weighted by atomic mass is 16.1. The topological polar surface area (TPSA) is 75.9 Å². The number of benzene rings is 1. The molecule has 7 nitrogen and oxygen atoms in total. The second-order valence-corrected chi connectivity index (χ2v) is 6.33. The predicted molar refractivity (Wildman–Crippen MR) is 92.2 cm³/mol. The van der Waals surface area contributed by atoms with Crippen molar-refractivity contribution in [2.75, 3.05) is 18.0 Å². The van der Waals surface area contributed by atoms with E-state index in [0.717, 1.165) is 44.0 Å². The Balaban J connectivity index is 1.74. The summed E-state index contributed by atoms with van der Waals surface area (Å²) in [6, 6.07) is 8.27. The number of aryl methyl sites for hydroxylation is 1. The zero-order valence-electron chi connectivity index (χ0n) is 14.3. The monoisotopic (exact) mass is 328 g/mol. The van der Waals surface area contributed by atoms with Crippen LogP contribution in [0.4, 0.5) is 5.95 Å². The molecule has 128 valence electrons. The van der Waals surface area contributed by atoms with Crippen LogP contribution in [0.15, 0.2) is 24.3 Å². The van der Waals surface area contributed by atoms with Gasteiger partial charge in [-0.05, 0) is 48.7 Å². The Morgan fingerprint density at radius 1 is 1.33 bits per heavy atom. The first-order valence-electron chi connectivity index (χ1n) is 8.57. The van der Waals surface area contributed by atoms with Crippen LogP contribution in [-0.4, -0.2) is 45.2 Å². The summed E-state index contributed by atoms with van der Waals surface area (Å²) in [5.41, 5.74) is 2.14. The van der Waals surface area contributed by atoms with Gasteiger partial charge < -0.3 is 10.2 Å². The lowest BCUT2D eigenvalue weighted by Gasteiger charge is -2.33. The van der Waals surface area contributed by atoms with E-state index in [4.69, 9.17) is 0 Å². The second kappa shape index (κ2) is 7.42. The van der Waals surface area contributed by atoms with Crippen LogP contribution < -0.4 is 10.2 Å². The van der Waals surface area contributed by atoms with Crippen LogP contribution in [0.1, 0.15) is 38.2 Å². The molecule has 0 aliphatic carbocycles. The zero-order valence-corrected chi connectivity index (χ0v) is 14.3. The Morgan fingerprint density at radius 3 is 2.88 bits per heavy atom. The molecule has 24 heavy (non-hydrogen) atoms. The minimum atomic E-state index is 0.127. The minimum absolute atomic E-state index is 0.127. The van der Waals surface area contributed by atoms with E-state index in [1.807, 2.05) is 31.2 Å². The maximum absolute atomic E-state index is 11.8. The number of nitrogens with zero attached hydrogens (tertiary/aromatic N) is 5. The van der Waals surface area contributed by atoms with Gasteiger partial charge in [0.05, 0.1) is 5.69 Å². The number of tetrazole rings is 1. The van der Waals surface area contributed by atoms with Gasteiger partial charge in [0.2, 0.25) is 11.9 Å². The van der Waals surface area contributed by atoms with Crippen molar-refractivity contribution < 1.29 is 4.79 Å². The van der Waals surface area contributed by atoms with Crippen molar-refractivity contribution >= 4 is 11.9 Å². The number of piperidine rings is 1. The largest absolute Gasteiger partial charge is 0.352 e. The Labute approximate surface area is 142 Å². The molecule has 0 spiro atoms. The van der Waals surface area contributed by atoms with Crippen LogP contribution in [0.3, 0.4) is 0 Å². The van der Waals surface area contributed by atoms with E-state index in [0.29, 0.717) is 6.42 Å². The first-order valence-corrected chi connectivity index (χ1v) is 8.57. The van der Waals surface area contributed by atoms with Gasteiger partial charge in [-0.1, -0.05) is 29.7 Å². The molecule has 1 atom stereocenters. The Morgan fingerprint density at radius 2 is 2.12 bits per heavy atom. The molecule has 3 rings (SSSR count). The van der Waals surface area contributed by atoms with Crippen molar-refractivity contribution in [3.63, 3.8) is 0 Å². The molecule has 1 aliphatic heterocycles. The first kappa shape index (κ1) is 16.4. The molecule has 1 aromatic heterocycles. The number of amides is 1. The Hall–Kier alpha value is -2.44. The number of carbonyl (C=O) groups excluding carboxylic acids is 1. The van der Waals surface area contributed by atoms with E-state index in [2.05, 4.69) is 32.7 Å². The van der Waals surface area contributed by atoms with Crippen LogP contribution in [-0.2, 0) is 4.79 Å². The van der Waals surface area contributed by atoms with E-state index >= 15 is 0 Å². The van der Waals surface area contributed by atoms with Crippen molar-refractivity contribution in [1.82, 2.24) is 25.5 Å². The fraction of sp³-hybridized carbons (Fsp3) is 0.529. The number of nitrogens with one attached hydrogen (secondary N) is 1. The lowest BCUT2D eigenvalue weighted by atomic mass is 10.1. The molecule has 1 amide bonds. The second-order valence-electron chi connectivity index (χ2n) is 6.33. The third-order valence-electron chi connectivity index (χ3n) is 4.28. The fourth-order valence-electron chi connectivity index (χ4n) is 3.04. The van der Waals surface area contributed by atoms with Crippen molar-refractivity contribution in [3.8, 4) is 5.69 Å². The highest BCUT2D eigenvalue weighted by molar-refractivity contribution is 5.76. The molecule has 1 aliphatic rings. The summed E-state index contributed by atoms with van der Waals surface area (Å²) in [6.45, 7) is 5.70. The predicted octanol–water partition coefficient (Wildman–Crippen LogP) is 1.86. The smallest absolute Gasteiger partial charge is 0.250 e. The maximum atomic E-state index is 11.8. The molecule has 1 aromatic carbocycles. The highest BCUT2D eigenvalue weighted by Gasteiger charge is 2.25. The summed E-state index contributed by atoms with van der Waals surface area (Å²) in [7, 11) is 0. The SMILES string of the molecule is CCCC(=O)NC1CCCN(c2nnnn2-c2ccc(C)cc2)C1. The van der Waals surface area contributed by atoms with Crippen LogP contribution >= 0.6 is 0 Å². The number of aromatic nitrogens is 4. The van der Waals surface area contributed by atoms with Gasteiger partial charge in [0.25, 0.3) is 0 Å². The average Bonchev–Trinajstić information content (AvgIpc) is 3.05. The zero-order chi connectivity index (χ0) is 16.9. The van der Waals surface area contributed by atoms with Crippen LogP contribution in [0.25, 0.3) is 5.69 Å². The molecule has 2 heterocycles. The van der Waals surface area contributed by atoms with Crippen LogP contribution in [0, 0.1) is 6.92 Å². The summed E-state index contributed by atoms with van der Waals surface area (Å²) < 4.78 is 1.76. The molecule has 0 saturated carbocycles. The third-order valence-corrected chi connectivity index (χ3v) is 4.28. The molecule has 0 bridgehead atoms. The van der Waals surface area contributed by atoms with Gasteiger partial charge in [-0.2, -0.15) is 4.68 Å². The van der Waals surface area contributed by atoms with Crippen molar-refractivity contribution in [3.05, 3.63) is 29.8 Å². The van der Waals surface area contributed by atoms with Crippen LogP contribution in [0.2, 0.25) is 0 Å². The van der Waals surface area contributed by atoms with Gasteiger partial charge in [0.1, 0.15) is 0 Å². The molecule has 1 unspecified atom stereocenters.